The van der Waals surface area contributed by atoms with E-state index in [0.717, 1.165) is 25.3 Å². The first kappa shape index (κ1) is 13.1. The third kappa shape index (κ3) is 3.16. The highest BCUT2D eigenvalue weighted by molar-refractivity contribution is 7.09. The SMILES string of the molecule is ClCc1csc(CN2CCCc3ccccc3C2)n1. The van der Waals surface area contributed by atoms with Crippen LogP contribution in [0.2, 0.25) is 0 Å². The first-order valence-corrected chi connectivity index (χ1v) is 8.05. The lowest BCUT2D eigenvalue weighted by molar-refractivity contribution is 0.260. The minimum Gasteiger partial charge on any atom is -0.292 e. The second-order valence-electron chi connectivity index (χ2n) is 4.95. The number of aryl methyl sites for hydroxylation is 1. The molecule has 19 heavy (non-hydrogen) atoms. The Morgan fingerprint density at radius 2 is 2.11 bits per heavy atom. The first-order valence-electron chi connectivity index (χ1n) is 6.63. The van der Waals surface area contributed by atoms with E-state index in [-0.39, 0.29) is 0 Å². The lowest BCUT2D eigenvalue weighted by Gasteiger charge is -2.18. The molecule has 1 aliphatic rings. The number of rotatable bonds is 3. The van der Waals surface area contributed by atoms with E-state index < -0.39 is 0 Å². The number of alkyl halides is 1. The molecule has 0 radical (unpaired) electrons. The van der Waals surface area contributed by atoms with E-state index >= 15 is 0 Å². The zero-order valence-corrected chi connectivity index (χ0v) is 12.4. The predicted molar refractivity (Wildman–Crippen MR) is 80.5 cm³/mol. The van der Waals surface area contributed by atoms with Gasteiger partial charge < -0.3 is 0 Å². The average Bonchev–Trinajstić information content (AvgIpc) is 2.78. The van der Waals surface area contributed by atoms with Gasteiger partial charge in [-0.25, -0.2) is 4.98 Å². The van der Waals surface area contributed by atoms with Crippen LogP contribution in [0.15, 0.2) is 29.6 Å². The van der Waals surface area contributed by atoms with Gasteiger partial charge in [0.15, 0.2) is 0 Å². The summed E-state index contributed by atoms with van der Waals surface area (Å²) in [5.74, 6) is 0.513. The molecule has 1 aliphatic heterocycles. The number of hydrogen-bond acceptors (Lipinski definition) is 3. The van der Waals surface area contributed by atoms with Gasteiger partial charge in [0.05, 0.1) is 18.1 Å². The Morgan fingerprint density at radius 1 is 1.26 bits per heavy atom. The summed E-state index contributed by atoms with van der Waals surface area (Å²) in [7, 11) is 0. The van der Waals surface area contributed by atoms with E-state index in [2.05, 4.69) is 39.5 Å². The third-order valence-electron chi connectivity index (χ3n) is 3.53. The van der Waals surface area contributed by atoms with E-state index in [1.165, 1.54) is 29.0 Å². The molecule has 0 saturated carbocycles. The second-order valence-corrected chi connectivity index (χ2v) is 6.16. The van der Waals surface area contributed by atoms with Crippen molar-refractivity contribution in [1.82, 2.24) is 9.88 Å². The van der Waals surface area contributed by atoms with E-state index in [1.807, 2.05) is 0 Å². The van der Waals surface area contributed by atoms with Gasteiger partial charge in [-0.3, -0.25) is 4.90 Å². The fraction of sp³-hybridized carbons (Fsp3) is 0.400. The molecule has 0 saturated heterocycles. The van der Waals surface area contributed by atoms with Crippen LogP contribution in [0, 0.1) is 0 Å². The van der Waals surface area contributed by atoms with E-state index in [4.69, 9.17) is 11.6 Å². The summed E-state index contributed by atoms with van der Waals surface area (Å²) in [4.78, 5) is 7.04. The molecule has 0 spiro atoms. The molecular formula is C15H17ClN2S. The molecule has 0 atom stereocenters. The summed E-state index contributed by atoms with van der Waals surface area (Å²) in [6.07, 6.45) is 2.42. The Kier molecular flexibility index (Phi) is 4.16. The molecular weight excluding hydrogens is 276 g/mol. The lowest BCUT2D eigenvalue weighted by Crippen LogP contribution is -2.22. The molecule has 1 aromatic heterocycles. The smallest absolute Gasteiger partial charge is 0.107 e. The first-order chi connectivity index (χ1) is 9.35. The van der Waals surface area contributed by atoms with Crippen molar-refractivity contribution >= 4 is 22.9 Å². The number of benzene rings is 1. The molecule has 0 bridgehead atoms. The Bertz CT molecular complexity index is 553. The van der Waals surface area contributed by atoms with Gasteiger partial charge in [-0.05, 0) is 30.5 Å². The zero-order chi connectivity index (χ0) is 13.1. The van der Waals surface area contributed by atoms with E-state index in [1.54, 1.807) is 11.3 Å². The predicted octanol–water partition coefficient (Wildman–Crippen LogP) is 3.83. The maximum absolute atomic E-state index is 5.81. The van der Waals surface area contributed by atoms with Crippen molar-refractivity contribution in [2.75, 3.05) is 6.54 Å². The van der Waals surface area contributed by atoms with Gasteiger partial charge in [-0.15, -0.1) is 22.9 Å². The topological polar surface area (TPSA) is 16.1 Å². The van der Waals surface area contributed by atoms with Crippen LogP contribution in [0.3, 0.4) is 0 Å². The van der Waals surface area contributed by atoms with Crippen molar-refractivity contribution in [3.8, 4) is 0 Å². The number of halogens is 1. The molecule has 1 aromatic carbocycles. The molecule has 100 valence electrons. The molecule has 2 nitrogen and oxygen atoms in total. The molecule has 0 aliphatic carbocycles. The quantitative estimate of drug-likeness (QED) is 0.799. The van der Waals surface area contributed by atoms with Gasteiger partial charge >= 0.3 is 0 Å². The Hall–Kier alpha value is -0.900. The Balaban J connectivity index is 1.72. The summed E-state index contributed by atoms with van der Waals surface area (Å²) >= 11 is 7.53. The molecule has 4 heteroatoms. The highest BCUT2D eigenvalue weighted by Gasteiger charge is 2.15. The summed E-state index contributed by atoms with van der Waals surface area (Å²) in [6.45, 7) is 3.12. The Labute approximate surface area is 123 Å². The van der Waals surface area contributed by atoms with Gasteiger partial charge in [-0.2, -0.15) is 0 Å². The normalized spacial score (nSPS) is 16.1. The van der Waals surface area contributed by atoms with Gasteiger partial charge in [0.25, 0.3) is 0 Å². The van der Waals surface area contributed by atoms with Crippen molar-refractivity contribution in [2.45, 2.75) is 31.8 Å². The van der Waals surface area contributed by atoms with E-state index in [0.29, 0.717) is 5.88 Å². The summed E-state index contributed by atoms with van der Waals surface area (Å²) in [6, 6.07) is 8.78. The molecule has 2 aromatic rings. The van der Waals surface area contributed by atoms with Gasteiger partial charge in [-0.1, -0.05) is 24.3 Å². The minimum atomic E-state index is 0.513. The fourth-order valence-corrected chi connectivity index (χ4v) is 3.64. The van der Waals surface area contributed by atoms with Crippen LogP contribution in [-0.4, -0.2) is 16.4 Å². The van der Waals surface area contributed by atoms with Crippen LogP contribution in [0.4, 0.5) is 0 Å². The monoisotopic (exact) mass is 292 g/mol. The average molecular weight is 293 g/mol. The van der Waals surface area contributed by atoms with Crippen LogP contribution < -0.4 is 0 Å². The van der Waals surface area contributed by atoms with Crippen molar-refractivity contribution in [2.24, 2.45) is 0 Å². The highest BCUT2D eigenvalue weighted by atomic mass is 35.5. The molecule has 3 rings (SSSR count). The summed E-state index contributed by atoms with van der Waals surface area (Å²) in [5.41, 5.74) is 3.97. The third-order valence-corrected chi connectivity index (χ3v) is 4.68. The maximum Gasteiger partial charge on any atom is 0.107 e. The largest absolute Gasteiger partial charge is 0.292 e. The summed E-state index contributed by atoms with van der Waals surface area (Å²) < 4.78 is 0. The van der Waals surface area contributed by atoms with Crippen molar-refractivity contribution in [1.29, 1.82) is 0 Å². The van der Waals surface area contributed by atoms with E-state index in [9.17, 15) is 0 Å². The van der Waals surface area contributed by atoms with Gasteiger partial charge in [0.2, 0.25) is 0 Å². The maximum atomic E-state index is 5.81. The number of hydrogen-bond donors (Lipinski definition) is 0. The van der Waals surface area contributed by atoms with Gasteiger partial charge in [0, 0.05) is 11.9 Å². The molecule has 0 amide bonds. The zero-order valence-electron chi connectivity index (χ0n) is 10.8. The Morgan fingerprint density at radius 3 is 2.89 bits per heavy atom. The molecule has 0 fully saturated rings. The standard InChI is InChI=1S/C15H17ClN2S/c16-8-14-11-19-15(17-14)10-18-7-3-6-12-4-1-2-5-13(12)9-18/h1-2,4-5,11H,3,6-10H2. The number of aromatic nitrogens is 1. The molecule has 2 heterocycles. The van der Waals surface area contributed by atoms with Crippen LogP contribution >= 0.6 is 22.9 Å². The van der Waals surface area contributed by atoms with Crippen LogP contribution in [0.1, 0.15) is 28.2 Å². The highest BCUT2D eigenvalue weighted by Crippen LogP contribution is 2.21. The van der Waals surface area contributed by atoms with Gasteiger partial charge in [0.1, 0.15) is 5.01 Å². The van der Waals surface area contributed by atoms with Crippen LogP contribution in [0.5, 0.6) is 0 Å². The lowest BCUT2D eigenvalue weighted by atomic mass is 10.0. The fourth-order valence-electron chi connectivity index (χ4n) is 2.58. The van der Waals surface area contributed by atoms with Crippen LogP contribution in [0.25, 0.3) is 0 Å². The van der Waals surface area contributed by atoms with Crippen LogP contribution in [-0.2, 0) is 25.4 Å². The molecule has 0 unspecified atom stereocenters. The number of thiazole rings is 1. The van der Waals surface area contributed by atoms with Crippen molar-refractivity contribution in [3.05, 3.63) is 51.5 Å². The van der Waals surface area contributed by atoms with Crippen molar-refractivity contribution < 1.29 is 0 Å². The second kappa shape index (κ2) is 6.04. The minimum absolute atomic E-state index is 0.513. The number of fused-ring (bicyclic) bond motifs is 1. The number of nitrogens with zero attached hydrogens (tertiary/aromatic N) is 2. The van der Waals surface area contributed by atoms with Crippen molar-refractivity contribution in [3.63, 3.8) is 0 Å². The molecule has 0 N–H and O–H groups in total. The summed E-state index contributed by atoms with van der Waals surface area (Å²) in [5, 5.41) is 3.24.